The first kappa shape index (κ1) is 8.91. The Bertz CT molecular complexity index is 628. The second-order valence-electron chi connectivity index (χ2n) is 3.50. The van der Waals surface area contributed by atoms with E-state index in [2.05, 4.69) is 15.0 Å². The lowest BCUT2D eigenvalue weighted by Gasteiger charge is -1.98. The second-order valence-corrected chi connectivity index (χ2v) is 3.50. The smallest absolute Gasteiger partial charge is 0.137 e. The fourth-order valence-corrected chi connectivity index (χ4v) is 1.71. The van der Waals surface area contributed by atoms with Crippen LogP contribution in [0.15, 0.2) is 42.9 Å². The summed E-state index contributed by atoms with van der Waals surface area (Å²) in [5, 5.41) is 10.2. The van der Waals surface area contributed by atoms with E-state index in [0.29, 0.717) is 0 Å². The van der Waals surface area contributed by atoms with Crippen LogP contribution in [-0.4, -0.2) is 20.1 Å². The van der Waals surface area contributed by atoms with Crippen molar-refractivity contribution in [3.05, 3.63) is 42.9 Å². The molecule has 2 N–H and O–H groups in total. The van der Waals surface area contributed by atoms with E-state index in [9.17, 15) is 5.11 Å². The summed E-state index contributed by atoms with van der Waals surface area (Å²) >= 11 is 0. The standard InChI is InChI=1S/C12H9N3O/c16-8-3-4-11(14-6-8)10-7-15-12-9(10)2-1-5-13-12/h1-7,16H,(H,13,15). The van der Waals surface area contributed by atoms with Gasteiger partial charge in [0, 0.05) is 23.3 Å². The normalized spacial score (nSPS) is 10.8. The molecule has 0 saturated heterocycles. The number of rotatable bonds is 1. The highest BCUT2D eigenvalue weighted by molar-refractivity contribution is 5.92. The molecular weight excluding hydrogens is 202 g/mol. The molecule has 4 nitrogen and oxygen atoms in total. The van der Waals surface area contributed by atoms with Crippen molar-refractivity contribution in [3.63, 3.8) is 0 Å². The van der Waals surface area contributed by atoms with Crippen molar-refractivity contribution < 1.29 is 5.11 Å². The molecule has 0 radical (unpaired) electrons. The summed E-state index contributed by atoms with van der Waals surface area (Å²) in [4.78, 5) is 11.5. The van der Waals surface area contributed by atoms with Gasteiger partial charge in [-0.3, -0.25) is 4.98 Å². The van der Waals surface area contributed by atoms with E-state index in [1.807, 2.05) is 18.3 Å². The predicted octanol–water partition coefficient (Wildman–Crippen LogP) is 2.33. The molecule has 0 saturated carbocycles. The number of pyridine rings is 2. The van der Waals surface area contributed by atoms with Crippen molar-refractivity contribution in [3.8, 4) is 17.0 Å². The number of nitrogens with zero attached hydrogens (tertiary/aromatic N) is 2. The summed E-state index contributed by atoms with van der Waals surface area (Å²) in [6, 6.07) is 7.28. The average molecular weight is 211 g/mol. The summed E-state index contributed by atoms with van der Waals surface area (Å²) in [7, 11) is 0. The number of fused-ring (bicyclic) bond motifs is 1. The van der Waals surface area contributed by atoms with Gasteiger partial charge in [-0.15, -0.1) is 0 Å². The van der Waals surface area contributed by atoms with Crippen LogP contribution in [0, 0.1) is 0 Å². The van der Waals surface area contributed by atoms with Gasteiger partial charge in [0.15, 0.2) is 0 Å². The highest BCUT2D eigenvalue weighted by atomic mass is 16.3. The lowest BCUT2D eigenvalue weighted by atomic mass is 10.1. The van der Waals surface area contributed by atoms with Crippen LogP contribution in [-0.2, 0) is 0 Å². The van der Waals surface area contributed by atoms with E-state index in [1.165, 1.54) is 6.20 Å². The second kappa shape index (κ2) is 3.34. The lowest BCUT2D eigenvalue weighted by Crippen LogP contribution is -1.80. The number of aromatic nitrogens is 3. The molecule has 16 heavy (non-hydrogen) atoms. The molecule has 0 spiro atoms. The minimum Gasteiger partial charge on any atom is -0.506 e. The Balaban J connectivity index is 2.22. The van der Waals surface area contributed by atoms with Crippen LogP contribution in [0.4, 0.5) is 0 Å². The first-order valence-electron chi connectivity index (χ1n) is 4.92. The van der Waals surface area contributed by atoms with Crippen molar-refractivity contribution in [1.82, 2.24) is 15.0 Å². The van der Waals surface area contributed by atoms with Crippen LogP contribution in [0.5, 0.6) is 5.75 Å². The Morgan fingerprint density at radius 2 is 2.06 bits per heavy atom. The van der Waals surface area contributed by atoms with Gasteiger partial charge in [-0.25, -0.2) is 4.98 Å². The maximum atomic E-state index is 9.18. The Morgan fingerprint density at radius 3 is 2.88 bits per heavy atom. The average Bonchev–Trinajstić information content (AvgIpc) is 2.74. The van der Waals surface area contributed by atoms with Gasteiger partial charge < -0.3 is 10.1 Å². The molecule has 0 fully saturated rings. The van der Waals surface area contributed by atoms with Crippen molar-refractivity contribution in [2.45, 2.75) is 0 Å². The van der Waals surface area contributed by atoms with Crippen LogP contribution >= 0.6 is 0 Å². The summed E-state index contributed by atoms with van der Waals surface area (Å²) < 4.78 is 0. The van der Waals surface area contributed by atoms with Gasteiger partial charge in [0.25, 0.3) is 0 Å². The summed E-state index contributed by atoms with van der Waals surface area (Å²) in [5.41, 5.74) is 2.65. The Kier molecular flexibility index (Phi) is 1.86. The molecule has 3 aromatic heterocycles. The maximum Gasteiger partial charge on any atom is 0.137 e. The molecule has 3 rings (SSSR count). The monoisotopic (exact) mass is 211 g/mol. The third kappa shape index (κ3) is 1.32. The number of hydrogen-bond donors (Lipinski definition) is 2. The van der Waals surface area contributed by atoms with Crippen LogP contribution in [0.2, 0.25) is 0 Å². The molecule has 0 aromatic carbocycles. The fraction of sp³-hybridized carbons (Fsp3) is 0. The Hall–Kier alpha value is -2.36. The van der Waals surface area contributed by atoms with Gasteiger partial charge in [0.1, 0.15) is 11.4 Å². The van der Waals surface area contributed by atoms with E-state index in [0.717, 1.165) is 22.3 Å². The molecule has 0 aliphatic rings. The number of aromatic hydroxyl groups is 1. The van der Waals surface area contributed by atoms with Gasteiger partial charge in [-0.05, 0) is 24.3 Å². The van der Waals surface area contributed by atoms with Gasteiger partial charge in [-0.1, -0.05) is 0 Å². The van der Waals surface area contributed by atoms with Crippen LogP contribution in [0.1, 0.15) is 0 Å². The molecule has 3 aromatic rings. The predicted molar refractivity (Wildman–Crippen MR) is 61.0 cm³/mol. The summed E-state index contributed by atoms with van der Waals surface area (Å²) in [6.45, 7) is 0. The highest BCUT2D eigenvalue weighted by Gasteiger charge is 2.06. The van der Waals surface area contributed by atoms with E-state index in [-0.39, 0.29) is 5.75 Å². The number of hydrogen-bond acceptors (Lipinski definition) is 3. The molecule has 0 unspecified atom stereocenters. The summed E-state index contributed by atoms with van der Waals surface area (Å²) in [6.07, 6.45) is 5.05. The zero-order valence-electron chi connectivity index (χ0n) is 8.38. The Morgan fingerprint density at radius 1 is 1.12 bits per heavy atom. The van der Waals surface area contributed by atoms with Gasteiger partial charge in [-0.2, -0.15) is 0 Å². The topological polar surface area (TPSA) is 61.8 Å². The first-order chi connectivity index (χ1) is 7.84. The SMILES string of the molecule is Oc1ccc(-c2c[nH]c3ncccc23)nc1. The van der Waals surface area contributed by atoms with E-state index in [1.54, 1.807) is 18.3 Å². The van der Waals surface area contributed by atoms with Gasteiger partial charge in [0.05, 0.1) is 11.9 Å². The van der Waals surface area contributed by atoms with E-state index < -0.39 is 0 Å². The third-order valence-corrected chi connectivity index (χ3v) is 2.47. The molecule has 78 valence electrons. The molecular formula is C12H9N3O. The minimum atomic E-state index is 0.168. The molecule has 0 amide bonds. The van der Waals surface area contributed by atoms with E-state index in [4.69, 9.17) is 0 Å². The van der Waals surface area contributed by atoms with Crippen LogP contribution in [0.25, 0.3) is 22.3 Å². The molecule has 0 bridgehead atoms. The zero-order valence-corrected chi connectivity index (χ0v) is 8.38. The number of nitrogens with one attached hydrogen (secondary N) is 1. The molecule has 0 aliphatic carbocycles. The quantitative estimate of drug-likeness (QED) is 0.649. The summed E-state index contributed by atoms with van der Waals surface area (Å²) in [5.74, 6) is 0.168. The third-order valence-electron chi connectivity index (χ3n) is 2.47. The first-order valence-corrected chi connectivity index (χ1v) is 4.92. The van der Waals surface area contributed by atoms with Crippen molar-refractivity contribution in [2.24, 2.45) is 0 Å². The lowest BCUT2D eigenvalue weighted by molar-refractivity contribution is 0.473. The van der Waals surface area contributed by atoms with Crippen molar-refractivity contribution in [1.29, 1.82) is 0 Å². The fourth-order valence-electron chi connectivity index (χ4n) is 1.71. The maximum absolute atomic E-state index is 9.18. The van der Waals surface area contributed by atoms with Crippen molar-refractivity contribution in [2.75, 3.05) is 0 Å². The van der Waals surface area contributed by atoms with Crippen molar-refractivity contribution >= 4 is 11.0 Å². The van der Waals surface area contributed by atoms with Gasteiger partial charge >= 0.3 is 0 Å². The van der Waals surface area contributed by atoms with E-state index >= 15 is 0 Å². The molecule has 3 heterocycles. The highest BCUT2D eigenvalue weighted by Crippen LogP contribution is 2.26. The number of aromatic amines is 1. The minimum absolute atomic E-state index is 0.168. The number of H-pyrrole nitrogens is 1. The molecule has 0 atom stereocenters. The van der Waals surface area contributed by atoms with Gasteiger partial charge in [0.2, 0.25) is 0 Å². The molecule has 0 aliphatic heterocycles. The largest absolute Gasteiger partial charge is 0.506 e. The molecule has 4 heteroatoms. The zero-order chi connectivity index (χ0) is 11.0. The van der Waals surface area contributed by atoms with Crippen LogP contribution in [0.3, 0.4) is 0 Å². The Labute approximate surface area is 91.6 Å². The van der Waals surface area contributed by atoms with Crippen LogP contribution < -0.4 is 0 Å².